The number of nitrogens with one attached hydrogen (secondary N) is 1. The van der Waals surface area contributed by atoms with Gasteiger partial charge in [-0.2, -0.15) is 0 Å². The van der Waals surface area contributed by atoms with E-state index in [0.29, 0.717) is 24.8 Å². The second kappa shape index (κ2) is 11.2. The molecule has 2 rings (SSSR count). The van der Waals surface area contributed by atoms with E-state index < -0.39 is 6.04 Å². The second-order valence-electron chi connectivity index (χ2n) is 7.74. The smallest absolute Gasteiger partial charge is 0.261 e. The average Bonchev–Trinajstić information content (AvgIpc) is 2.74. The number of carbonyl (C=O) groups is 2. The van der Waals surface area contributed by atoms with Crippen LogP contribution in [0.5, 0.6) is 11.5 Å². The summed E-state index contributed by atoms with van der Waals surface area (Å²) in [6, 6.07) is 14.4. The van der Waals surface area contributed by atoms with E-state index in [9.17, 15) is 9.59 Å². The highest BCUT2D eigenvalue weighted by Gasteiger charge is 2.26. The molecule has 1 atom stereocenters. The molecule has 0 saturated heterocycles. The van der Waals surface area contributed by atoms with Gasteiger partial charge in [0, 0.05) is 13.1 Å². The van der Waals surface area contributed by atoms with Crippen molar-refractivity contribution in [3.63, 3.8) is 0 Å². The molecule has 162 valence electrons. The molecule has 1 N–H and O–H groups in total. The Morgan fingerprint density at radius 2 is 1.70 bits per heavy atom. The van der Waals surface area contributed by atoms with Crippen molar-refractivity contribution < 1.29 is 19.1 Å². The van der Waals surface area contributed by atoms with Gasteiger partial charge < -0.3 is 19.7 Å². The Kier molecular flexibility index (Phi) is 8.71. The van der Waals surface area contributed by atoms with Crippen LogP contribution in [0.15, 0.2) is 48.5 Å². The van der Waals surface area contributed by atoms with Gasteiger partial charge >= 0.3 is 0 Å². The molecule has 0 aromatic heterocycles. The summed E-state index contributed by atoms with van der Waals surface area (Å²) in [4.78, 5) is 27.2. The quantitative estimate of drug-likeness (QED) is 0.648. The average molecular weight is 413 g/mol. The van der Waals surface area contributed by atoms with Crippen LogP contribution in [-0.2, 0) is 16.1 Å². The molecule has 2 amide bonds. The summed E-state index contributed by atoms with van der Waals surface area (Å²) in [5.41, 5.74) is 1.86. The highest BCUT2D eigenvalue weighted by molar-refractivity contribution is 5.88. The van der Waals surface area contributed by atoms with Crippen LogP contribution < -0.4 is 14.8 Å². The number of amides is 2. The summed E-state index contributed by atoms with van der Waals surface area (Å²) in [6.45, 7) is 8.46. The third-order valence-corrected chi connectivity index (χ3v) is 4.81. The van der Waals surface area contributed by atoms with Gasteiger partial charge in [0.2, 0.25) is 5.91 Å². The Hall–Kier alpha value is -3.02. The summed E-state index contributed by atoms with van der Waals surface area (Å²) in [7, 11) is 1.61. The lowest BCUT2D eigenvalue weighted by molar-refractivity contribution is -0.142. The van der Waals surface area contributed by atoms with Gasteiger partial charge in [-0.3, -0.25) is 9.59 Å². The minimum absolute atomic E-state index is 0.136. The van der Waals surface area contributed by atoms with Crippen molar-refractivity contribution in [1.82, 2.24) is 10.2 Å². The number of hydrogen-bond acceptors (Lipinski definition) is 4. The number of benzene rings is 2. The number of carbonyl (C=O) groups excluding carboxylic acids is 2. The van der Waals surface area contributed by atoms with E-state index in [1.165, 1.54) is 0 Å². The molecule has 6 nitrogen and oxygen atoms in total. The summed E-state index contributed by atoms with van der Waals surface area (Å²) in [5.74, 6) is 1.30. The monoisotopic (exact) mass is 412 g/mol. The summed E-state index contributed by atoms with van der Waals surface area (Å²) in [5, 5.41) is 2.91. The van der Waals surface area contributed by atoms with E-state index in [1.807, 2.05) is 69.3 Å². The SMILES string of the molecule is COc1ccc(CN(C(=O)COc2ccccc2C)C(C)C(=O)NCC(C)C)cc1. The van der Waals surface area contributed by atoms with Crippen molar-refractivity contribution in [3.05, 3.63) is 59.7 Å². The maximum Gasteiger partial charge on any atom is 0.261 e. The van der Waals surface area contributed by atoms with E-state index >= 15 is 0 Å². The van der Waals surface area contributed by atoms with Crippen LogP contribution in [0.1, 0.15) is 31.9 Å². The zero-order valence-electron chi connectivity index (χ0n) is 18.5. The predicted octanol–water partition coefficient (Wildman–Crippen LogP) is 3.57. The van der Waals surface area contributed by atoms with Gasteiger partial charge in [-0.15, -0.1) is 0 Å². The summed E-state index contributed by atoms with van der Waals surface area (Å²) < 4.78 is 10.9. The maximum absolute atomic E-state index is 13.0. The van der Waals surface area contributed by atoms with Crippen molar-refractivity contribution in [2.24, 2.45) is 5.92 Å². The van der Waals surface area contributed by atoms with Crippen LogP contribution in [0.25, 0.3) is 0 Å². The zero-order chi connectivity index (χ0) is 22.1. The van der Waals surface area contributed by atoms with Gasteiger partial charge in [-0.25, -0.2) is 0 Å². The highest BCUT2D eigenvalue weighted by Crippen LogP contribution is 2.18. The van der Waals surface area contributed by atoms with Crippen molar-refractivity contribution in [1.29, 1.82) is 0 Å². The third-order valence-electron chi connectivity index (χ3n) is 4.81. The van der Waals surface area contributed by atoms with Crippen LogP contribution in [-0.4, -0.2) is 43.0 Å². The van der Waals surface area contributed by atoms with Gasteiger partial charge in [-0.1, -0.05) is 44.2 Å². The molecule has 30 heavy (non-hydrogen) atoms. The highest BCUT2D eigenvalue weighted by atomic mass is 16.5. The zero-order valence-corrected chi connectivity index (χ0v) is 18.5. The van der Waals surface area contributed by atoms with E-state index in [0.717, 1.165) is 16.9 Å². The van der Waals surface area contributed by atoms with Crippen molar-refractivity contribution in [3.8, 4) is 11.5 Å². The molecule has 6 heteroatoms. The fourth-order valence-electron chi connectivity index (χ4n) is 2.90. The van der Waals surface area contributed by atoms with Crippen LogP contribution in [0.2, 0.25) is 0 Å². The molecule has 0 radical (unpaired) electrons. The van der Waals surface area contributed by atoms with E-state index in [4.69, 9.17) is 9.47 Å². The second-order valence-corrected chi connectivity index (χ2v) is 7.74. The fraction of sp³-hybridized carbons (Fsp3) is 0.417. The molecule has 0 aliphatic rings. The number of ether oxygens (including phenoxy) is 2. The van der Waals surface area contributed by atoms with Gasteiger partial charge in [-0.05, 0) is 49.1 Å². The van der Waals surface area contributed by atoms with E-state index in [-0.39, 0.29) is 18.4 Å². The van der Waals surface area contributed by atoms with Crippen molar-refractivity contribution in [2.75, 3.05) is 20.3 Å². The Bertz CT molecular complexity index is 833. The molecule has 0 fully saturated rings. The van der Waals surface area contributed by atoms with Gasteiger partial charge in [0.1, 0.15) is 17.5 Å². The van der Waals surface area contributed by atoms with Gasteiger partial charge in [0.05, 0.1) is 7.11 Å². The van der Waals surface area contributed by atoms with Crippen LogP contribution in [0.3, 0.4) is 0 Å². The number of methoxy groups -OCH3 is 1. The normalized spacial score (nSPS) is 11.7. The lowest BCUT2D eigenvalue weighted by Gasteiger charge is -2.29. The predicted molar refractivity (Wildman–Crippen MR) is 118 cm³/mol. The number of hydrogen-bond donors (Lipinski definition) is 1. The molecule has 0 heterocycles. The van der Waals surface area contributed by atoms with Crippen molar-refractivity contribution >= 4 is 11.8 Å². The molecule has 0 aliphatic carbocycles. The number of rotatable bonds is 10. The molecule has 1 unspecified atom stereocenters. The molecular formula is C24H32N2O4. The molecule has 2 aromatic rings. The standard InChI is InChI=1S/C24H32N2O4/c1-17(2)14-25-24(28)19(4)26(15-20-10-12-21(29-5)13-11-20)23(27)16-30-22-9-7-6-8-18(22)3/h6-13,17,19H,14-16H2,1-5H3,(H,25,28). The molecule has 0 aliphatic heterocycles. The molecule has 2 aromatic carbocycles. The fourth-order valence-corrected chi connectivity index (χ4v) is 2.90. The van der Waals surface area contributed by atoms with E-state index in [2.05, 4.69) is 5.32 Å². The minimum Gasteiger partial charge on any atom is -0.497 e. The number of para-hydroxylation sites is 1. The van der Waals surface area contributed by atoms with Crippen LogP contribution in [0.4, 0.5) is 0 Å². The molecule has 0 bridgehead atoms. The first-order chi connectivity index (χ1) is 14.3. The maximum atomic E-state index is 13.0. The number of nitrogens with zero attached hydrogens (tertiary/aromatic N) is 1. The summed E-state index contributed by atoms with van der Waals surface area (Å²) >= 11 is 0. The first-order valence-corrected chi connectivity index (χ1v) is 10.2. The van der Waals surface area contributed by atoms with Crippen molar-refractivity contribution in [2.45, 2.75) is 40.3 Å². The third kappa shape index (κ3) is 6.79. The first-order valence-electron chi connectivity index (χ1n) is 10.2. The first kappa shape index (κ1) is 23.3. The largest absolute Gasteiger partial charge is 0.497 e. The Labute approximate surface area is 179 Å². The Balaban J connectivity index is 2.14. The van der Waals surface area contributed by atoms with Crippen LogP contribution >= 0.6 is 0 Å². The molecule has 0 spiro atoms. The Morgan fingerprint density at radius 3 is 2.30 bits per heavy atom. The van der Waals surface area contributed by atoms with Crippen LogP contribution in [0, 0.1) is 12.8 Å². The summed E-state index contributed by atoms with van der Waals surface area (Å²) in [6.07, 6.45) is 0. The Morgan fingerprint density at radius 1 is 1.03 bits per heavy atom. The lowest BCUT2D eigenvalue weighted by atomic mass is 10.1. The topological polar surface area (TPSA) is 67.9 Å². The van der Waals surface area contributed by atoms with Gasteiger partial charge in [0.25, 0.3) is 5.91 Å². The minimum atomic E-state index is -0.626. The molecule has 0 saturated carbocycles. The number of aryl methyl sites for hydroxylation is 1. The molecular weight excluding hydrogens is 380 g/mol. The van der Waals surface area contributed by atoms with Gasteiger partial charge in [0.15, 0.2) is 6.61 Å². The van der Waals surface area contributed by atoms with E-state index in [1.54, 1.807) is 18.9 Å². The lowest BCUT2D eigenvalue weighted by Crippen LogP contribution is -2.49.